The van der Waals surface area contributed by atoms with E-state index < -0.39 is 23.5 Å². The zero-order valence-electron chi connectivity index (χ0n) is 20.6. The van der Waals surface area contributed by atoms with Crippen LogP contribution in [0.3, 0.4) is 0 Å². The maximum absolute atomic E-state index is 13.3. The maximum Gasteiger partial charge on any atom is 0.331 e. The zero-order valence-corrected chi connectivity index (χ0v) is 20.6. The number of piperidine rings is 1. The second-order valence-corrected chi connectivity index (χ2v) is 10.2. The van der Waals surface area contributed by atoms with Gasteiger partial charge in [0, 0.05) is 11.6 Å². The Bertz CT molecular complexity index is 666. The van der Waals surface area contributed by atoms with Crippen LogP contribution in [0.15, 0.2) is 11.6 Å². The Kier molecular flexibility index (Phi) is 10.2. The Hall–Kier alpha value is -1.89. The molecule has 0 radical (unpaired) electrons. The number of nitrogens with zero attached hydrogens (tertiary/aromatic N) is 1. The monoisotopic (exact) mass is 437 g/mol. The van der Waals surface area contributed by atoms with Gasteiger partial charge in [0.2, 0.25) is 11.8 Å². The summed E-state index contributed by atoms with van der Waals surface area (Å²) in [7, 11) is 0. The second kappa shape index (κ2) is 11.7. The molecule has 1 heterocycles. The molecule has 0 bridgehead atoms. The summed E-state index contributed by atoms with van der Waals surface area (Å²) in [5, 5.41) is 15.2. The molecule has 3 N–H and O–H groups in total. The number of nitrogens with one attached hydrogen (secondary N) is 2. The minimum atomic E-state index is -1.01. The number of carbonyl (C=O) groups is 3. The normalized spacial score (nSPS) is 21.3. The molecule has 0 aromatic carbocycles. The van der Waals surface area contributed by atoms with E-state index in [9.17, 15) is 19.5 Å². The molecule has 1 saturated heterocycles. The van der Waals surface area contributed by atoms with Crippen molar-refractivity contribution in [1.82, 2.24) is 15.5 Å². The highest BCUT2D eigenvalue weighted by Crippen LogP contribution is 2.24. The van der Waals surface area contributed by atoms with Crippen LogP contribution in [0.1, 0.15) is 81.1 Å². The first-order valence-electron chi connectivity index (χ1n) is 11.6. The maximum atomic E-state index is 13.3. The lowest BCUT2D eigenvalue weighted by Gasteiger charge is -2.40. The highest BCUT2D eigenvalue weighted by molar-refractivity contribution is 5.91. The van der Waals surface area contributed by atoms with Crippen LogP contribution in [0.5, 0.6) is 0 Å². The van der Waals surface area contributed by atoms with Crippen LogP contribution in [-0.2, 0) is 14.4 Å². The predicted octanol–water partition coefficient (Wildman–Crippen LogP) is 3.34. The Morgan fingerprint density at radius 2 is 1.74 bits per heavy atom. The van der Waals surface area contributed by atoms with E-state index in [1.807, 2.05) is 34.6 Å². The third kappa shape index (κ3) is 7.95. The molecule has 178 valence electrons. The highest BCUT2D eigenvalue weighted by Gasteiger charge is 2.38. The molecule has 0 aromatic heterocycles. The van der Waals surface area contributed by atoms with Crippen LogP contribution in [0, 0.1) is 11.3 Å². The van der Waals surface area contributed by atoms with Gasteiger partial charge in [-0.2, -0.15) is 0 Å². The van der Waals surface area contributed by atoms with Crippen LogP contribution in [0.4, 0.5) is 0 Å². The average Bonchev–Trinajstić information content (AvgIpc) is 2.69. The third-order valence-corrected chi connectivity index (χ3v) is 6.21. The van der Waals surface area contributed by atoms with Crippen molar-refractivity contribution in [3.05, 3.63) is 11.6 Å². The van der Waals surface area contributed by atoms with Gasteiger partial charge in [-0.05, 0) is 51.0 Å². The largest absolute Gasteiger partial charge is 0.478 e. The number of carboxylic acid groups (broad SMARTS) is 1. The van der Waals surface area contributed by atoms with E-state index in [0.29, 0.717) is 6.04 Å². The Morgan fingerprint density at radius 1 is 1.13 bits per heavy atom. The number of rotatable bonds is 9. The van der Waals surface area contributed by atoms with Crippen LogP contribution in [0.2, 0.25) is 0 Å². The standard InChI is InChI=1S/C24H43N3O4/c1-9-17(5)27-13-11-10-12-19(27)21(28)26-20(24(6,7)8)22(29)25-18(15(2)3)14-16(4)23(30)31/h14-15,17-20H,9-13H2,1-8H3,(H,25,29)(H,26,28)(H,30,31)/b16-14+/t17?,18-,19-,20?/m1/s1. The molecule has 4 atom stereocenters. The summed E-state index contributed by atoms with van der Waals surface area (Å²) in [4.78, 5) is 40.0. The molecule has 0 aliphatic carbocycles. The fourth-order valence-electron chi connectivity index (χ4n) is 3.90. The molecule has 1 fully saturated rings. The van der Waals surface area contributed by atoms with Gasteiger partial charge < -0.3 is 15.7 Å². The van der Waals surface area contributed by atoms with E-state index >= 15 is 0 Å². The van der Waals surface area contributed by atoms with Crippen molar-refractivity contribution in [2.24, 2.45) is 11.3 Å². The van der Waals surface area contributed by atoms with Gasteiger partial charge in [-0.1, -0.05) is 54.0 Å². The number of aliphatic carboxylic acids is 1. The first-order valence-corrected chi connectivity index (χ1v) is 11.6. The molecular formula is C24H43N3O4. The minimum absolute atomic E-state index is 0.00816. The smallest absolute Gasteiger partial charge is 0.331 e. The summed E-state index contributed by atoms with van der Waals surface area (Å²) in [6.45, 7) is 16.3. The fraction of sp³-hybridized carbons (Fsp3) is 0.792. The second-order valence-electron chi connectivity index (χ2n) is 10.2. The number of carboxylic acids is 1. The number of carbonyl (C=O) groups excluding carboxylic acids is 2. The van der Waals surface area contributed by atoms with Crippen molar-refractivity contribution in [1.29, 1.82) is 0 Å². The van der Waals surface area contributed by atoms with Crippen LogP contribution in [0.25, 0.3) is 0 Å². The van der Waals surface area contributed by atoms with Crippen molar-refractivity contribution < 1.29 is 19.5 Å². The zero-order chi connectivity index (χ0) is 23.9. The summed E-state index contributed by atoms with van der Waals surface area (Å²) in [6, 6.07) is -1.07. The Balaban J connectivity index is 3.04. The van der Waals surface area contributed by atoms with E-state index in [1.54, 1.807) is 6.08 Å². The van der Waals surface area contributed by atoms with Crippen molar-refractivity contribution >= 4 is 17.8 Å². The van der Waals surface area contributed by atoms with Crippen LogP contribution in [-0.4, -0.2) is 58.5 Å². The molecule has 0 saturated carbocycles. The molecule has 1 aliphatic heterocycles. The van der Waals surface area contributed by atoms with Gasteiger partial charge in [0.1, 0.15) is 6.04 Å². The summed E-state index contributed by atoms with van der Waals surface area (Å²) < 4.78 is 0. The van der Waals surface area contributed by atoms with Crippen LogP contribution < -0.4 is 10.6 Å². The molecule has 7 nitrogen and oxygen atoms in total. The average molecular weight is 438 g/mol. The molecule has 7 heteroatoms. The van der Waals surface area contributed by atoms with E-state index in [2.05, 4.69) is 29.4 Å². The topological polar surface area (TPSA) is 98.7 Å². The van der Waals surface area contributed by atoms with Gasteiger partial charge in [-0.25, -0.2) is 4.79 Å². The summed E-state index contributed by atoms with van der Waals surface area (Å²) >= 11 is 0. The number of hydrogen-bond acceptors (Lipinski definition) is 4. The first kappa shape index (κ1) is 27.1. The van der Waals surface area contributed by atoms with E-state index in [4.69, 9.17) is 0 Å². The number of likely N-dealkylation sites (tertiary alicyclic amines) is 1. The lowest BCUT2D eigenvalue weighted by atomic mass is 9.85. The molecular weight excluding hydrogens is 394 g/mol. The number of amides is 2. The van der Waals surface area contributed by atoms with Gasteiger partial charge in [0.15, 0.2) is 0 Å². The van der Waals surface area contributed by atoms with E-state index in [-0.39, 0.29) is 29.3 Å². The number of hydrogen-bond donors (Lipinski definition) is 3. The van der Waals surface area contributed by atoms with E-state index in [1.165, 1.54) is 6.92 Å². The molecule has 1 aliphatic rings. The van der Waals surface area contributed by atoms with Crippen molar-refractivity contribution in [2.75, 3.05) is 6.54 Å². The van der Waals surface area contributed by atoms with Crippen molar-refractivity contribution in [3.8, 4) is 0 Å². The predicted molar refractivity (Wildman–Crippen MR) is 124 cm³/mol. The van der Waals surface area contributed by atoms with Gasteiger partial charge in [-0.15, -0.1) is 0 Å². The Labute approximate surface area is 188 Å². The van der Waals surface area contributed by atoms with Gasteiger partial charge >= 0.3 is 5.97 Å². The molecule has 0 spiro atoms. The molecule has 2 unspecified atom stereocenters. The van der Waals surface area contributed by atoms with Gasteiger partial charge in [-0.3, -0.25) is 14.5 Å². The molecule has 0 aromatic rings. The summed E-state index contributed by atoms with van der Waals surface area (Å²) in [5.41, 5.74) is -0.315. The van der Waals surface area contributed by atoms with Gasteiger partial charge in [0.05, 0.1) is 12.1 Å². The molecule has 1 rings (SSSR count). The van der Waals surface area contributed by atoms with E-state index in [0.717, 1.165) is 32.2 Å². The summed E-state index contributed by atoms with van der Waals surface area (Å²) in [6.07, 6.45) is 5.43. The SMILES string of the molecule is CCC(C)N1CCCC[C@@H]1C(=O)NC(C(=O)N[C@H](/C=C(\C)C(=O)O)C(C)C)C(C)(C)C. The molecule has 2 amide bonds. The summed E-state index contributed by atoms with van der Waals surface area (Å²) in [5.74, 6) is -1.40. The van der Waals surface area contributed by atoms with Gasteiger partial charge in [0.25, 0.3) is 0 Å². The lowest BCUT2D eigenvalue weighted by molar-refractivity contribution is -0.136. The first-order chi connectivity index (χ1) is 14.3. The van der Waals surface area contributed by atoms with Crippen LogP contribution >= 0.6 is 0 Å². The lowest BCUT2D eigenvalue weighted by Crippen LogP contribution is -2.60. The third-order valence-electron chi connectivity index (χ3n) is 6.21. The van der Waals surface area contributed by atoms with Crippen molar-refractivity contribution in [2.45, 2.75) is 105 Å². The molecule has 31 heavy (non-hydrogen) atoms. The quantitative estimate of drug-likeness (QED) is 0.481. The minimum Gasteiger partial charge on any atom is -0.478 e. The highest BCUT2D eigenvalue weighted by atomic mass is 16.4. The Morgan fingerprint density at radius 3 is 2.23 bits per heavy atom. The van der Waals surface area contributed by atoms with Crippen molar-refractivity contribution in [3.63, 3.8) is 0 Å². The fourth-order valence-corrected chi connectivity index (χ4v) is 3.90.